The molecule has 0 radical (unpaired) electrons. The molecule has 11 heavy (non-hydrogen) atoms. The summed E-state index contributed by atoms with van der Waals surface area (Å²) in [5.41, 5.74) is 0. The molecule has 1 amide bonds. The molecule has 0 bridgehead atoms. The molecule has 0 unspecified atom stereocenters. The maximum Gasteiger partial charge on any atom is 0.287 e. The van der Waals surface area contributed by atoms with Gasteiger partial charge < -0.3 is 9.73 Å². The minimum absolute atomic E-state index is 0.191. The second kappa shape index (κ2) is 4.08. The largest absolute Gasteiger partial charge is 0.459 e. The van der Waals surface area contributed by atoms with Gasteiger partial charge in [0.05, 0.1) is 6.26 Å². The zero-order valence-electron chi connectivity index (χ0n) is 5.91. The third-order valence-electron chi connectivity index (χ3n) is 1.14. The van der Waals surface area contributed by atoms with Gasteiger partial charge in [-0.1, -0.05) is 0 Å². The van der Waals surface area contributed by atoms with E-state index in [0.29, 0.717) is 18.1 Å². The first kappa shape index (κ1) is 8.20. The normalized spacial score (nSPS) is 9.55. The van der Waals surface area contributed by atoms with Crippen LogP contribution < -0.4 is 5.32 Å². The van der Waals surface area contributed by atoms with Crippen molar-refractivity contribution in [3.63, 3.8) is 0 Å². The SMILES string of the molecule is O=C(NCCS)c1ccco1. The van der Waals surface area contributed by atoms with Crippen LogP contribution in [0.15, 0.2) is 22.8 Å². The highest BCUT2D eigenvalue weighted by Crippen LogP contribution is 1.98. The van der Waals surface area contributed by atoms with Gasteiger partial charge in [0.2, 0.25) is 0 Å². The molecule has 0 fully saturated rings. The number of furan rings is 1. The second-order valence-corrected chi connectivity index (χ2v) is 2.40. The molecule has 1 N–H and O–H groups in total. The summed E-state index contributed by atoms with van der Waals surface area (Å²) < 4.78 is 4.86. The first-order valence-corrected chi connectivity index (χ1v) is 3.90. The first-order valence-electron chi connectivity index (χ1n) is 3.27. The predicted octanol–water partition coefficient (Wildman–Crippen LogP) is 0.939. The van der Waals surface area contributed by atoms with E-state index in [0.717, 1.165) is 0 Å². The Bertz CT molecular complexity index is 220. The number of hydrogen-bond donors (Lipinski definition) is 2. The molecule has 0 saturated carbocycles. The summed E-state index contributed by atoms with van der Waals surface area (Å²) in [6, 6.07) is 3.30. The van der Waals surface area contributed by atoms with Crippen LogP contribution in [0.3, 0.4) is 0 Å². The van der Waals surface area contributed by atoms with E-state index < -0.39 is 0 Å². The average molecular weight is 171 g/mol. The Morgan fingerprint density at radius 1 is 1.73 bits per heavy atom. The lowest BCUT2D eigenvalue weighted by molar-refractivity contribution is 0.0928. The molecule has 4 heteroatoms. The lowest BCUT2D eigenvalue weighted by Gasteiger charge is -1.97. The molecule has 0 atom stereocenters. The van der Waals surface area contributed by atoms with Crippen LogP contribution in [-0.4, -0.2) is 18.2 Å². The monoisotopic (exact) mass is 171 g/mol. The fourth-order valence-corrected chi connectivity index (χ4v) is 0.776. The van der Waals surface area contributed by atoms with Crippen LogP contribution in [-0.2, 0) is 0 Å². The third kappa shape index (κ3) is 2.31. The highest BCUT2D eigenvalue weighted by molar-refractivity contribution is 7.80. The minimum Gasteiger partial charge on any atom is -0.459 e. The molecule has 1 rings (SSSR count). The summed E-state index contributed by atoms with van der Waals surface area (Å²) in [5, 5.41) is 2.63. The van der Waals surface area contributed by atoms with E-state index >= 15 is 0 Å². The molecule has 0 aliphatic heterocycles. The van der Waals surface area contributed by atoms with Gasteiger partial charge in [0.25, 0.3) is 5.91 Å². The van der Waals surface area contributed by atoms with Gasteiger partial charge in [-0.25, -0.2) is 0 Å². The Morgan fingerprint density at radius 3 is 3.09 bits per heavy atom. The molecule has 60 valence electrons. The van der Waals surface area contributed by atoms with Crippen molar-refractivity contribution in [2.24, 2.45) is 0 Å². The summed E-state index contributed by atoms with van der Waals surface area (Å²) in [7, 11) is 0. The van der Waals surface area contributed by atoms with Gasteiger partial charge >= 0.3 is 0 Å². The summed E-state index contributed by atoms with van der Waals surface area (Å²) in [4.78, 5) is 11.0. The first-order chi connectivity index (χ1) is 5.34. The number of carbonyl (C=O) groups is 1. The highest BCUT2D eigenvalue weighted by Gasteiger charge is 2.05. The van der Waals surface area contributed by atoms with Crippen molar-refractivity contribution in [1.82, 2.24) is 5.32 Å². The Labute approximate surface area is 70.2 Å². The van der Waals surface area contributed by atoms with E-state index in [9.17, 15) is 4.79 Å². The quantitative estimate of drug-likeness (QED) is 0.664. The van der Waals surface area contributed by atoms with Gasteiger partial charge in [-0.3, -0.25) is 4.79 Å². The summed E-state index contributed by atoms with van der Waals surface area (Å²) in [6.07, 6.45) is 1.47. The lowest BCUT2D eigenvalue weighted by atomic mass is 10.4. The van der Waals surface area contributed by atoms with Crippen LogP contribution >= 0.6 is 12.6 Å². The van der Waals surface area contributed by atoms with Crippen molar-refractivity contribution >= 4 is 18.5 Å². The van der Waals surface area contributed by atoms with E-state index in [2.05, 4.69) is 17.9 Å². The molecule has 1 heterocycles. The second-order valence-electron chi connectivity index (χ2n) is 1.96. The molecule has 0 aliphatic carbocycles. The van der Waals surface area contributed by atoms with Crippen LogP contribution in [0.4, 0.5) is 0 Å². The number of carbonyl (C=O) groups excluding carboxylic acids is 1. The van der Waals surface area contributed by atoms with E-state index in [-0.39, 0.29) is 5.91 Å². The van der Waals surface area contributed by atoms with Crippen molar-refractivity contribution in [2.45, 2.75) is 0 Å². The fourth-order valence-electron chi connectivity index (χ4n) is 0.664. The van der Waals surface area contributed by atoms with E-state index in [1.54, 1.807) is 12.1 Å². The number of amides is 1. The maximum absolute atomic E-state index is 11.0. The Balaban J connectivity index is 2.43. The number of thiol groups is 1. The predicted molar refractivity (Wildman–Crippen MR) is 44.9 cm³/mol. The van der Waals surface area contributed by atoms with Gasteiger partial charge in [-0.2, -0.15) is 12.6 Å². The smallest absolute Gasteiger partial charge is 0.287 e. The molecular formula is C7H9NO2S. The van der Waals surface area contributed by atoms with E-state index in [4.69, 9.17) is 4.42 Å². The van der Waals surface area contributed by atoms with Crippen LogP contribution in [0.25, 0.3) is 0 Å². The fraction of sp³-hybridized carbons (Fsp3) is 0.286. The van der Waals surface area contributed by atoms with Gasteiger partial charge in [0.15, 0.2) is 5.76 Å². The van der Waals surface area contributed by atoms with Crippen molar-refractivity contribution in [3.05, 3.63) is 24.2 Å². The highest BCUT2D eigenvalue weighted by atomic mass is 32.1. The van der Waals surface area contributed by atoms with Crippen molar-refractivity contribution in [1.29, 1.82) is 0 Å². The Hall–Kier alpha value is -0.900. The van der Waals surface area contributed by atoms with Gasteiger partial charge in [0.1, 0.15) is 0 Å². The zero-order valence-corrected chi connectivity index (χ0v) is 6.80. The van der Waals surface area contributed by atoms with Gasteiger partial charge in [-0.05, 0) is 12.1 Å². The molecule has 3 nitrogen and oxygen atoms in total. The number of nitrogens with one attached hydrogen (secondary N) is 1. The van der Waals surface area contributed by atoms with E-state index in [1.807, 2.05) is 0 Å². The summed E-state index contributed by atoms with van der Waals surface area (Å²) in [5.74, 6) is 0.780. The van der Waals surface area contributed by atoms with Crippen molar-refractivity contribution in [2.75, 3.05) is 12.3 Å². The zero-order chi connectivity index (χ0) is 8.10. The maximum atomic E-state index is 11.0. The Morgan fingerprint density at radius 2 is 2.55 bits per heavy atom. The van der Waals surface area contributed by atoms with Crippen molar-refractivity contribution in [3.8, 4) is 0 Å². The van der Waals surface area contributed by atoms with Crippen LogP contribution in [0.5, 0.6) is 0 Å². The minimum atomic E-state index is -0.191. The van der Waals surface area contributed by atoms with Crippen LogP contribution in [0.1, 0.15) is 10.6 Å². The van der Waals surface area contributed by atoms with Crippen LogP contribution in [0.2, 0.25) is 0 Å². The van der Waals surface area contributed by atoms with Crippen LogP contribution in [0, 0.1) is 0 Å². The molecule has 1 aromatic rings. The summed E-state index contributed by atoms with van der Waals surface area (Å²) >= 11 is 3.95. The summed E-state index contributed by atoms with van der Waals surface area (Å²) in [6.45, 7) is 0.558. The van der Waals surface area contributed by atoms with Gasteiger partial charge in [-0.15, -0.1) is 0 Å². The Kier molecular flexibility index (Phi) is 3.04. The molecule has 0 saturated heterocycles. The number of rotatable bonds is 3. The number of hydrogen-bond acceptors (Lipinski definition) is 3. The third-order valence-corrected chi connectivity index (χ3v) is 1.37. The van der Waals surface area contributed by atoms with Crippen molar-refractivity contribution < 1.29 is 9.21 Å². The molecule has 1 aromatic heterocycles. The topological polar surface area (TPSA) is 42.2 Å². The van der Waals surface area contributed by atoms with Gasteiger partial charge in [0, 0.05) is 12.3 Å². The average Bonchev–Trinajstić information content (AvgIpc) is 2.52. The molecular weight excluding hydrogens is 162 g/mol. The van der Waals surface area contributed by atoms with E-state index in [1.165, 1.54) is 6.26 Å². The molecule has 0 spiro atoms. The molecule has 0 aliphatic rings. The molecule has 0 aromatic carbocycles. The standard InChI is InChI=1S/C7H9NO2S/c9-7(8-3-5-11)6-2-1-4-10-6/h1-2,4,11H,3,5H2,(H,8,9). The lowest BCUT2D eigenvalue weighted by Crippen LogP contribution is -2.24.